The van der Waals surface area contributed by atoms with Gasteiger partial charge in [0.1, 0.15) is 18.2 Å². The van der Waals surface area contributed by atoms with Crippen LogP contribution in [0.5, 0.6) is 5.75 Å². The molecule has 0 saturated heterocycles. The Kier molecular flexibility index (Phi) is 3.92. The van der Waals surface area contributed by atoms with Gasteiger partial charge in [-0.15, -0.1) is 0 Å². The average molecular weight is 225 g/mol. The Hall–Kier alpha value is -1.09. The first-order chi connectivity index (χ1) is 7.30. The molecule has 0 fully saturated rings. The molecule has 90 valence electrons. The van der Waals surface area contributed by atoms with E-state index in [1.165, 1.54) is 6.07 Å². The van der Waals surface area contributed by atoms with E-state index in [1.807, 2.05) is 0 Å². The van der Waals surface area contributed by atoms with Crippen LogP contribution in [0.3, 0.4) is 0 Å². The third-order valence-electron chi connectivity index (χ3n) is 2.67. The number of halogens is 1. The lowest BCUT2D eigenvalue weighted by atomic mass is 9.88. The molecule has 16 heavy (non-hydrogen) atoms. The molecule has 0 aliphatic rings. The van der Waals surface area contributed by atoms with Crippen molar-refractivity contribution in [2.45, 2.75) is 33.7 Å². The first kappa shape index (κ1) is 13.0. The minimum absolute atomic E-state index is 0.00900. The molecule has 0 spiro atoms. The summed E-state index contributed by atoms with van der Waals surface area (Å²) in [5.74, 6) is 0.450. The number of rotatable bonds is 3. The number of aryl methyl sites for hydroxylation is 1. The van der Waals surface area contributed by atoms with Gasteiger partial charge in [-0.1, -0.05) is 20.8 Å². The summed E-state index contributed by atoms with van der Waals surface area (Å²) in [4.78, 5) is 0. The average Bonchev–Trinajstić information content (AvgIpc) is 2.18. The van der Waals surface area contributed by atoms with Gasteiger partial charge in [0.15, 0.2) is 0 Å². The van der Waals surface area contributed by atoms with Crippen molar-refractivity contribution in [3.8, 4) is 5.75 Å². The SMILES string of the molecule is Cc1cc(OCC(N)C(C)(C)C)ccc1F. The van der Waals surface area contributed by atoms with Crippen molar-refractivity contribution in [1.82, 2.24) is 0 Å². The van der Waals surface area contributed by atoms with Gasteiger partial charge in [0.2, 0.25) is 0 Å². The Morgan fingerprint density at radius 3 is 2.50 bits per heavy atom. The number of hydrogen-bond acceptors (Lipinski definition) is 2. The molecule has 2 nitrogen and oxygen atoms in total. The lowest BCUT2D eigenvalue weighted by molar-refractivity contribution is 0.205. The van der Waals surface area contributed by atoms with Gasteiger partial charge in [-0.2, -0.15) is 0 Å². The Morgan fingerprint density at radius 2 is 2.00 bits per heavy atom. The summed E-state index contributed by atoms with van der Waals surface area (Å²) in [6, 6.07) is 4.67. The van der Waals surface area contributed by atoms with E-state index < -0.39 is 0 Å². The van der Waals surface area contributed by atoms with Gasteiger partial charge in [-0.05, 0) is 36.1 Å². The van der Waals surface area contributed by atoms with Gasteiger partial charge in [-0.25, -0.2) is 4.39 Å². The molecule has 0 aliphatic heterocycles. The van der Waals surface area contributed by atoms with Crippen molar-refractivity contribution in [2.75, 3.05) is 6.61 Å². The third kappa shape index (κ3) is 3.49. The second kappa shape index (κ2) is 4.83. The van der Waals surface area contributed by atoms with Crippen molar-refractivity contribution in [3.63, 3.8) is 0 Å². The topological polar surface area (TPSA) is 35.2 Å². The lowest BCUT2D eigenvalue weighted by Gasteiger charge is -2.26. The Balaban J connectivity index is 2.58. The molecule has 0 radical (unpaired) electrons. The van der Waals surface area contributed by atoms with E-state index in [1.54, 1.807) is 19.1 Å². The molecule has 1 unspecified atom stereocenters. The standard InChI is InChI=1S/C13H20FNO/c1-9-7-10(5-6-11(9)14)16-8-12(15)13(2,3)4/h5-7,12H,8,15H2,1-4H3. The first-order valence-electron chi connectivity index (χ1n) is 5.45. The van der Waals surface area contributed by atoms with E-state index in [0.29, 0.717) is 17.9 Å². The summed E-state index contributed by atoms with van der Waals surface area (Å²) in [6.07, 6.45) is 0. The van der Waals surface area contributed by atoms with Crippen LogP contribution in [0.2, 0.25) is 0 Å². The molecule has 0 bridgehead atoms. The first-order valence-corrected chi connectivity index (χ1v) is 5.45. The predicted octanol–water partition coefficient (Wildman–Crippen LogP) is 2.89. The molecule has 0 heterocycles. The minimum Gasteiger partial charge on any atom is -0.492 e. The van der Waals surface area contributed by atoms with Crippen molar-refractivity contribution in [2.24, 2.45) is 11.1 Å². The molecule has 1 rings (SSSR count). The van der Waals surface area contributed by atoms with E-state index in [2.05, 4.69) is 20.8 Å². The highest BCUT2D eigenvalue weighted by Crippen LogP contribution is 2.20. The highest BCUT2D eigenvalue weighted by atomic mass is 19.1. The van der Waals surface area contributed by atoms with Crippen LogP contribution >= 0.6 is 0 Å². The van der Waals surface area contributed by atoms with Gasteiger partial charge in [0.25, 0.3) is 0 Å². The van der Waals surface area contributed by atoms with Crippen LogP contribution < -0.4 is 10.5 Å². The monoisotopic (exact) mass is 225 g/mol. The normalized spacial score (nSPS) is 13.6. The maximum atomic E-state index is 13.0. The highest BCUT2D eigenvalue weighted by Gasteiger charge is 2.21. The van der Waals surface area contributed by atoms with Crippen LogP contribution in [0.15, 0.2) is 18.2 Å². The summed E-state index contributed by atoms with van der Waals surface area (Å²) in [6.45, 7) is 8.35. The largest absolute Gasteiger partial charge is 0.492 e. The van der Waals surface area contributed by atoms with Crippen LogP contribution in [0, 0.1) is 18.2 Å². The molecule has 1 aromatic carbocycles. The van der Waals surface area contributed by atoms with Gasteiger partial charge < -0.3 is 10.5 Å². The number of hydrogen-bond donors (Lipinski definition) is 1. The zero-order valence-corrected chi connectivity index (χ0v) is 10.4. The maximum Gasteiger partial charge on any atom is 0.126 e. The number of ether oxygens (including phenoxy) is 1. The molecule has 0 aliphatic carbocycles. The summed E-state index contributed by atoms with van der Waals surface area (Å²) in [5.41, 5.74) is 6.56. The number of nitrogens with two attached hydrogens (primary N) is 1. The summed E-state index contributed by atoms with van der Waals surface area (Å²) in [7, 11) is 0. The molecular weight excluding hydrogens is 205 g/mol. The highest BCUT2D eigenvalue weighted by molar-refractivity contribution is 5.28. The van der Waals surface area contributed by atoms with Crippen molar-refractivity contribution in [3.05, 3.63) is 29.6 Å². The van der Waals surface area contributed by atoms with Gasteiger partial charge in [0.05, 0.1) is 0 Å². The van der Waals surface area contributed by atoms with E-state index in [9.17, 15) is 4.39 Å². The van der Waals surface area contributed by atoms with Crippen LogP contribution in [-0.4, -0.2) is 12.6 Å². The zero-order valence-electron chi connectivity index (χ0n) is 10.4. The minimum atomic E-state index is -0.215. The van der Waals surface area contributed by atoms with E-state index in [4.69, 9.17) is 10.5 Å². The Bertz CT molecular complexity index is 357. The fourth-order valence-electron chi connectivity index (χ4n) is 1.14. The summed E-state index contributed by atoms with van der Waals surface area (Å²) >= 11 is 0. The van der Waals surface area contributed by atoms with Crippen molar-refractivity contribution < 1.29 is 9.13 Å². The Morgan fingerprint density at radius 1 is 1.38 bits per heavy atom. The Labute approximate surface area is 96.6 Å². The van der Waals surface area contributed by atoms with Crippen LogP contribution in [0.1, 0.15) is 26.3 Å². The molecular formula is C13H20FNO. The maximum absolute atomic E-state index is 13.0. The quantitative estimate of drug-likeness (QED) is 0.858. The van der Waals surface area contributed by atoms with Crippen LogP contribution in [-0.2, 0) is 0 Å². The molecule has 1 atom stereocenters. The zero-order chi connectivity index (χ0) is 12.3. The lowest BCUT2D eigenvalue weighted by Crippen LogP contribution is -2.40. The van der Waals surface area contributed by atoms with Crippen LogP contribution in [0.4, 0.5) is 4.39 Å². The molecule has 2 N–H and O–H groups in total. The van der Waals surface area contributed by atoms with Gasteiger partial charge in [-0.3, -0.25) is 0 Å². The third-order valence-corrected chi connectivity index (χ3v) is 2.67. The fraction of sp³-hybridized carbons (Fsp3) is 0.538. The van der Waals surface area contributed by atoms with Gasteiger partial charge in [0, 0.05) is 6.04 Å². The molecule has 3 heteroatoms. The van der Waals surface area contributed by atoms with E-state index in [0.717, 1.165) is 0 Å². The molecule has 0 saturated carbocycles. The second-order valence-electron chi connectivity index (χ2n) is 5.19. The molecule has 0 aromatic heterocycles. The smallest absolute Gasteiger partial charge is 0.126 e. The predicted molar refractivity (Wildman–Crippen MR) is 64.1 cm³/mol. The van der Waals surface area contributed by atoms with Gasteiger partial charge >= 0.3 is 0 Å². The van der Waals surface area contributed by atoms with E-state index >= 15 is 0 Å². The summed E-state index contributed by atoms with van der Waals surface area (Å²) in [5, 5.41) is 0. The molecule has 1 aromatic rings. The fourth-order valence-corrected chi connectivity index (χ4v) is 1.14. The van der Waals surface area contributed by atoms with Crippen molar-refractivity contribution >= 4 is 0 Å². The summed E-state index contributed by atoms with van der Waals surface area (Å²) < 4.78 is 18.5. The second-order valence-corrected chi connectivity index (χ2v) is 5.19. The number of benzene rings is 1. The van der Waals surface area contributed by atoms with Crippen LogP contribution in [0.25, 0.3) is 0 Å². The van der Waals surface area contributed by atoms with Crippen molar-refractivity contribution in [1.29, 1.82) is 0 Å². The van der Waals surface area contributed by atoms with E-state index in [-0.39, 0.29) is 17.3 Å². The molecule has 0 amide bonds.